The first-order chi connectivity index (χ1) is 7.77. The van der Waals surface area contributed by atoms with E-state index < -0.39 is 0 Å². The fourth-order valence-corrected chi connectivity index (χ4v) is 3.22. The van der Waals surface area contributed by atoms with E-state index in [0.717, 1.165) is 19.3 Å². The Morgan fingerprint density at radius 2 is 2.12 bits per heavy atom. The summed E-state index contributed by atoms with van der Waals surface area (Å²) in [5.41, 5.74) is 2.78. The number of carbonyl (C=O) groups is 1. The van der Waals surface area contributed by atoms with Gasteiger partial charge in [-0.2, -0.15) is 0 Å². The average molecular weight is 215 g/mol. The van der Waals surface area contributed by atoms with E-state index in [9.17, 15) is 4.79 Å². The van der Waals surface area contributed by atoms with Gasteiger partial charge >= 0.3 is 0 Å². The van der Waals surface area contributed by atoms with Gasteiger partial charge in [-0.05, 0) is 37.3 Å². The van der Waals surface area contributed by atoms with Crippen LogP contribution in [0.2, 0.25) is 0 Å². The lowest BCUT2D eigenvalue weighted by Crippen LogP contribution is -2.48. The third-order valence-corrected chi connectivity index (χ3v) is 3.99. The maximum Gasteiger partial charge on any atom is 0.223 e. The van der Waals surface area contributed by atoms with Crippen molar-refractivity contribution in [2.24, 2.45) is 0 Å². The van der Waals surface area contributed by atoms with Gasteiger partial charge in [0.05, 0.1) is 6.04 Å². The Morgan fingerprint density at radius 3 is 3.00 bits per heavy atom. The molecule has 0 bridgehead atoms. The van der Waals surface area contributed by atoms with Gasteiger partial charge in [0.15, 0.2) is 0 Å². The van der Waals surface area contributed by atoms with E-state index in [1.807, 2.05) is 0 Å². The van der Waals surface area contributed by atoms with Crippen LogP contribution in [-0.2, 0) is 11.2 Å². The fourth-order valence-electron chi connectivity index (χ4n) is 3.22. The summed E-state index contributed by atoms with van der Waals surface area (Å²) in [6, 6.07) is 9.27. The van der Waals surface area contributed by atoms with Crippen LogP contribution < -0.4 is 0 Å². The van der Waals surface area contributed by atoms with Gasteiger partial charge < -0.3 is 4.90 Å². The Balaban J connectivity index is 2.03. The number of nitrogens with zero attached hydrogens (tertiary/aromatic N) is 1. The smallest absolute Gasteiger partial charge is 0.223 e. The topological polar surface area (TPSA) is 20.3 Å². The molecule has 0 aromatic heterocycles. The number of hydrogen-bond donors (Lipinski definition) is 0. The molecule has 2 aliphatic heterocycles. The van der Waals surface area contributed by atoms with Crippen LogP contribution in [0.1, 0.15) is 43.4 Å². The summed E-state index contributed by atoms with van der Waals surface area (Å²) in [4.78, 5) is 14.1. The van der Waals surface area contributed by atoms with Crippen molar-refractivity contribution in [2.75, 3.05) is 0 Å². The average Bonchev–Trinajstić information content (AvgIpc) is 2.29. The van der Waals surface area contributed by atoms with E-state index in [4.69, 9.17) is 0 Å². The van der Waals surface area contributed by atoms with Gasteiger partial charge in [0.1, 0.15) is 0 Å². The van der Waals surface area contributed by atoms with Crippen molar-refractivity contribution in [3.63, 3.8) is 0 Å². The summed E-state index contributed by atoms with van der Waals surface area (Å²) in [5.74, 6) is 0.346. The molecule has 0 radical (unpaired) electrons. The quantitative estimate of drug-likeness (QED) is 0.651. The number of amides is 1. The van der Waals surface area contributed by atoms with Crippen LogP contribution in [0.25, 0.3) is 0 Å². The van der Waals surface area contributed by atoms with Crippen molar-refractivity contribution in [3.05, 3.63) is 35.4 Å². The van der Waals surface area contributed by atoms with Gasteiger partial charge in [0, 0.05) is 12.5 Å². The molecule has 0 N–H and O–H groups in total. The van der Waals surface area contributed by atoms with Gasteiger partial charge in [0.25, 0.3) is 0 Å². The first-order valence-corrected chi connectivity index (χ1v) is 6.16. The molecule has 1 aromatic rings. The number of benzene rings is 1. The Hall–Kier alpha value is -1.31. The first-order valence-electron chi connectivity index (χ1n) is 6.16. The Kier molecular flexibility index (Phi) is 2.23. The number of rotatable bonds is 0. The summed E-state index contributed by atoms with van der Waals surface area (Å²) in [6.07, 6.45) is 4.02. The van der Waals surface area contributed by atoms with Crippen LogP contribution in [-0.4, -0.2) is 16.8 Å². The van der Waals surface area contributed by atoms with Crippen molar-refractivity contribution >= 4 is 5.91 Å². The fraction of sp³-hybridized carbons (Fsp3) is 0.500. The summed E-state index contributed by atoms with van der Waals surface area (Å²) in [5, 5.41) is 0. The van der Waals surface area contributed by atoms with Crippen LogP contribution in [0.15, 0.2) is 24.3 Å². The Labute approximate surface area is 96.3 Å². The van der Waals surface area contributed by atoms with Crippen molar-refractivity contribution in [2.45, 2.75) is 44.7 Å². The normalized spacial score (nSPS) is 28.6. The van der Waals surface area contributed by atoms with Crippen LogP contribution in [0.5, 0.6) is 0 Å². The lowest BCUT2D eigenvalue weighted by atomic mass is 9.84. The summed E-state index contributed by atoms with van der Waals surface area (Å²) in [6.45, 7) is 2.16. The number of fused-ring (bicyclic) bond motifs is 2. The molecule has 0 spiro atoms. The molecule has 0 saturated carbocycles. The first kappa shape index (κ1) is 9.88. The van der Waals surface area contributed by atoms with Crippen LogP contribution >= 0.6 is 0 Å². The minimum absolute atomic E-state index is 0.266. The van der Waals surface area contributed by atoms with Crippen LogP contribution in [0.3, 0.4) is 0 Å². The highest BCUT2D eigenvalue weighted by Crippen LogP contribution is 2.37. The second-order valence-corrected chi connectivity index (χ2v) is 4.93. The molecule has 2 aliphatic rings. The molecule has 2 nitrogen and oxygen atoms in total. The molecular weight excluding hydrogens is 198 g/mol. The van der Waals surface area contributed by atoms with Gasteiger partial charge in [0.2, 0.25) is 5.91 Å². The third-order valence-electron chi connectivity index (χ3n) is 3.99. The minimum atomic E-state index is 0.266. The van der Waals surface area contributed by atoms with Gasteiger partial charge in [-0.25, -0.2) is 0 Å². The van der Waals surface area contributed by atoms with E-state index >= 15 is 0 Å². The molecule has 2 heteroatoms. The zero-order chi connectivity index (χ0) is 11.1. The van der Waals surface area contributed by atoms with E-state index in [0.29, 0.717) is 11.9 Å². The maximum absolute atomic E-state index is 12.0. The molecule has 1 fully saturated rings. The van der Waals surface area contributed by atoms with Gasteiger partial charge in [-0.3, -0.25) is 4.79 Å². The van der Waals surface area contributed by atoms with Crippen molar-refractivity contribution < 1.29 is 4.79 Å². The Bertz CT molecular complexity index is 426. The van der Waals surface area contributed by atoms with E-state index in [1.165, 1.54) is 17.5 Å². The molecule has 3 rings (SSSR count). The zero-order valence-electron chi connectivity index (χ0n) is 9.65. The number of carbonyl (C=O) groups excluding carboxylic acids is 1. The molecule has 1 amide bonds. The molecule has 1 aromatic carbocycles. The predicted octanol–water partition coefficient (Wildman–Crippen LogP) is 2.68. The highest BCUT2D eigenvalue weighted by atomic mass is 16.2. The highest BCUT2D eigenvalue weighted by molar-refractivity contribution is 5.78. The van der Waals surface area contributed by atoms with E-state index in [2.05, 4.69) is 36.1 Å². The van der Waals surface area contributed by atoms with E-state index in [1.54, 1.807) is 0 Å². The lowest BCUT2D eigenvalue weighted by Gasteiger charge is -2.44. The van der Waals surface area contributed by atoms with Crippen LogP contribution in [0, 0.1) is 0 Å². The van der Waals surface area contributed by atoms with Crippen molar-refractivity contribution in [1.82, 2.24) is 4.90 Å². The monoisotopic (exact) mass is 215 g/mol. The molecule has 0 aliphatic carbocycles. The maximum atomic E-state index is 12.0. The largest absolute Gasteiger partial charge is 0.333 e. The second kappa shape index (κ2) is 3.62. The van der Waals surface area contributed by atoms with Crippen molar-refractivity contribution in [3.8, 4) is 0 Å². The zero-order valence-corrected chi connectivity index (χ0v) is 9.65. The molecular formula is C14H17NO. The molecule has 1 saturated heterocycles. The SMILES string of the molecule is C[C@H]1c2ccccc2C[C@@H]2CCCC(=O)N21. The molecule has 16 heavy (non-hydrogen) atoms. The summed E-state index contributed by atoms with van der Waals surface area (Å²) < 4.78 is 0. The van der Waals surface area contributed by atoms with Gasteiger partial charge in [-0.1, -0.05) is 24.3 Å². The predicted molar refractivity (Wildman–Crippen MR) is 63.0 cm³/mol. The molecule has 2 atom stereocenters. The summed E-state index contributed by atoms with van der Waals surface area (Å²) in [7, 11) is 0. The van der Waals surface area contributed by atoms with Gasteiger partial charge in [-0.15, -0.1) is 0 Å². The standard InChI is InChI=1S/C14H17NO/c1-10-13-7-3-2-5-11(13)9-12-6-4-8-14(16)15(10)12/h2-3,5,7,10,12H,4,6,8-9H2,1H3/t10-,12-/m0/s1. The number of piperidine rings is 1. The van der Waals surface area contributed by atoms with E-state index in [-0.39, 0.29) is 6.04 Å². The lowest BCUT2D eigenvalue weighted by molar-refractivity contribution is -0.139. The summed E-state index contributed by atoms with van der Waals surface area (Å²) >= 11 is 0. The molecule has 0 unspecified atom stereocenters. The second-order valence-electron chi connectivity index (χ2n) is 4.93. The van der Waals surface area contributed by atoms with Crippen LogP contribution in [0.4, 0.5) is 0 Å². The third kappa shape index (κ3) is 1.36. The Morgan fingerprint density at radius 1 is 1.31 bits per heavy atom. The molecule has 2 heterocycles. The highest BCUT2D eigenvalue weighted by Gasteiger charge is 2.36. The molecule has 84 valence electrons. The van der Waals surface area contributed by atoms with Crippen molar-refractivity contribution in [1.29, 1.82) is 0 Å². The minimum Gasteiger partial charge on any atom is -0.333 e. The number of hydrogen-bond acceptors (Lipinski definition) is 1.